The summed E-state index contributed by atoms with van der Waals surface area (Å²) in [5, 5.41) is 23.9. The van der Waals surface area contributed by atoms with Crippen molar-refractivity contribution in [2.75, 3.05) is 12.8 Å². The van der Waals surface area contributed by atoms with Crippen molar-refractivity contribution in [3.8, 4) is 5.75 Å². The van der Waals surface area contributed by atoms with Gasteiger partial charge in [0, 0.05) is 11.3 Å². The molecule has 0 radical (unpaired) electrons. The molecule has 10 nitrogen and oxygen atoms in total. The van der Waals surface area contributed by atoms with Crippen LogP contribution >= 0.6 is 23.1 Å². The van der Waals surface area contributed by atoms with Gasteiger partial charge in [0.1, 0.15) is 10.8 Å². The van der Waals surface area contributed by atoms with Crippen LogP contribution in [-0.4, -0.2) is 39.7 Å². The highest BCUT2D eigenvalue weighted by Gasteiger charge is 2.10. The van der Waals surface area contributed by atoms with Gasteiger partial charge in [-0.05, 0) is 41.0 Å². The fourth-order valence-electron chi connectivity index (χ4n) is 2.05. The molecule has 2 heterocycles. The molecular weight excluding hydrogens is 388 g/mol. The highest BCUT2D eigenvalue weighted by Crippen LogP contribution is 2.30. The van der Waals surface area contributed by atoms with E-state index in [1.54, 1.807) is 36.4 Å². The van der Waals surface area contributed by atoms with Crippen LogP contribution in [0.2, 0.25) is 0 Å². The second-order valence-corrected chi connectivity index (χ2v) is 7.58. The summed E-state index contributed by atoms with van der Waals surface area (Å²) in [7, 11) is 1.63. The van der Waals surface area contributed by atoms with Gasteiger partial charge in [-0.1, -0.05) is 23.1 Å². The third-order valence-corrected chi connectivity index (χ3v) is 5.31. The zero-order valence-corrected chi connectivity index (χ0v) is 16.1. The molecule has 0 amide bonds. The Labute approximate surface area is 162 Å². The van der Waals surface area contributed by atoms with Crippen LogP contribution in [0, 0.1) is 6.92 Å². The molecule has 0 atom stereocenters. The van der Waals surface area contributed by atoms with Crippen molar-refractivity contribution in [3.63, 3.8) is 0 Å². The largest absolute Gasteiger partial charge is 0.496 e. The van der Waals surface area contributed by atoms with E-state index in [0.717, 1.165) is 26.2 Å². The average Bonchev–Trinajstić information content (AvgIpc) is 3.28. The molecule has 140 valence electrons. The predicted molar refractivity (Wildman–Crippen MR) is 104 cm³/mol. The van der Waals surface area contributed by atoms with Gasteiger partial charge in [-0.15, -0.1) is 15.3 Å². The lowest BCUT2D eigenvalue weighted by Crippen LogP contribution is -2.15. The molecule has 0 aliphatic rings. The zero-order valence-electron chi connectivity index (χ0n) is 14.5. The number of aryl methyl sites for hydroxylation is 1. The van der Waals surface area contributed by atoms with Gasteiger partial charge in [-0.25, -0.2) is 4.63 Å². The molecule has 0 bridgehead atoms. The van der Waals surface area contributed by atoms with Crippen molar-refractivity contribution in [3.05, 3.63) is 40.0 Å². The normalized spacial score (nSPS) is 12.0. The van der Waals surface area contributed by atoms with Gasteiger partial charge in [0.2, 0.25) is 0 Å². The summed E-state index contributed by atoms with van der Waals surface area (Å²) in [6.45, 7) is 1.92. The Morgan fingerprint density at radius 2 is 2.22 bits per heavy atom. The van der Waals surface area contributed by atoms with Gasteiger partial charge in [0.05, 0.1) is 13.3 Å². The van der Waals surface area contributed by atoms with E-state index in [1.165, 1.54) is 0 Å². The standard InChI is InChI=1S/C15H16N8O2S2/c1-8-19-21-15(27-8)26-7-10-5-9(3-4-11(10)24-2)6-18-20-13(16)12-14(17)23-25-22-12/h3-6H,7H2,1-2H3,(H2,16,20)(H2,17,23). The summed E-state index contributed by atoms with van der Waals surface area (Å²) in [5.41, 5.74) is 13.3. The number of rotatable bonds is 7. The summed E-state index contributed by atoms with van der Waals surface area (Å²) >= 11 is 3.15. The van der Waals surface area contributed by atoms with Gasteiger partial charge in [0.15, 0.2) is 21.7 Å². The molecule has 0 saturated heterocycles. The highest BCUT2D eigenvalue weighted by molar-refractivity contribution is 8.00. The number of anilines is 1. The summed E-state index contributed by atoms with van der Waals surface area (Å²) in [5.74, 6) is 1.54. The summed E-state index contributed by atoms with van der Waals surface area (Å²) < 4.78 is 10.8. The molecule has 2 aromatic heterocycles. The van der Waals surface area contributed by atoms with Gasteiger partial charge >= 0.3 is 0 Å². The Hall–Kier alpha value is -2.99. The van der Waals surface area contributed by atoms with Crippen LogP contribution in [-0.2, 0) is 5.75 Å². The van der Waals surface area contributed by atoms with Crippen molar-refractivity contribution in [2.45, 2.75) is 17.0 Å². The van der Waals surface area contributed by atoms with Crippen molar-refractivity contribution in [1.82, 2.24) is 20.5 Å². The minimum Gasteiger partial charge on any atom is -0.496 e. The summed E-state index contributed by atoms with van der Waals surface area (Å²) in [6.07, 6.45) is 1.57. The molecule has 1 aromatic carbocycles. The third kappa shape index (κ3) is 4.80. The van der Waals surface area contributed by atoms with E-state index in [2.05, 4.69) is 35.3 Å². The zero-order chi connectivity index (χ0) is 19.2. The van der Waals surface area contributed by atoms with E-state index >= 15 is 0 Å². The first-order valence-electron chi connectivity index (χ1n) is 7.61. The second kappa shape index (κ2) is 8.60. The van der Waals surface area contributed by atoms with E-state index in [0.29, 0.717) is 5.75 Å². The number of aromatic nitrogens is 4. The first-order valence-corrected chi connectivity index (χ1v) is 9.41. The SMILES string of the molecule is COc1ccc(C=NN=C(N)c2nonc2N)cc1CSc1nnc(C)s1. The quantitative estimate of drug-likeness (QED) is 0.260. The minimum absolute atomic E-state index is 0.0148. The molecule has 3 rings (SSSR count). The fraction of sp³-hybridized carbons (Fsp3) is 0.200. The first-order chi connectivity index (χ1) is 13.1. The van der Waals surface area contributed by atoms with Gasteiger partial charge < -0.3 is 16.2 Å². The number of nitrogens with zero attached hydrogens (tertiary/aromatic N) is 6. The smallest absolute Gasteiger partial charge is 0.199 e. The van der Waals surface area contributed by atoms with E-state index in [1.807, 2.05) is 25.1 Å². The van der Waals surface area contributed by atoms with Crippen LogP contribution in [0.25, 0.3) is 0 Å². The maximum Gasteiger partial charge on any atom is 0.199 e. The van der Waals surface area contributed by atoms with Gasteiger partial charge in [0.25, 0.3) is 0 Å². The van der Waals surface area contributed by atoms with Crippen molar-refractivity contribution in [2.24, 2.45) is 15.9 Å². The van der Waals surface area contributed by atoms with Crippen LogP contribution in [0.4, 0.5) is 5.82 Å². The Balaban J connectivity index is 1.73. The topological polar surface area (TPSA) is 151 Å². The molecule has 0 aliphatic carbocycles. The lowest BCUT2D eigenvalue weighted by molar-refractivity contribution is 0.308. The number of methoxy groups -OCH3 is 1. The molecule has 4 N–H and O–H groups in total. The highest BCUT2D eigenvalue weighted by atomic mass is 32.2. The van der Waals surface area contributed by atoms with E-state index < -0.39 is 0 Å². The Morgan fingerprint density at radius 1 is 1.37 bits per heavy atom. The molecule has 0 fully saturated rings. The van der Waals surface area contributed by atoms with Crippen molar-refractivity contribution in [1.29, 1.82) is 0 Å². The number of thioether (sulfide) groups is 1. The number of ether oxygens (including phenoxy) is 1. The van der Waals surface area contributed by atoms with E-state index in [-0.39, 0.29) is 17.3 Å². The van der Waals surface area contributed by atoms with Crippen LogP contribution in [0.3, 0.4) is 0 Å². The van der Waals surface area contributed by atoms with Crippen LogP contribution in [0.5, 0.6) is 5.75 Å². The van der Waals surface area contributed by atoms with Crippen molar-refractivity contribution < 1.29 is 9.37 Å². The number of nitrogen functional groups attached to an aromatic ring is 1. The molecule has 0 spiro atoms. The summed E-state index contributed by atoms with van der Waals surface area (Å²) in [6, 6.07) is 5.69. The molecule has 0 unspecified atom stereocenters. The number of benzene rings is 1. The maximum atomic E-state index is 5.75. The van der Waals surface area contributed by atoms with Gasteiger partial charge in [-0.2, -0.15) is 5.10 Å². The monoisotopic (exact) mass is 404 g/mol. The van der Waals surface area contributed by atoms with E-state index in [4.69, 9.17) is 16.2 Å². The Bertz CT molecular complexity index is 982. The lowest BCUT2D eigenvalue weighted by Gasteiger charge is -2.08. The third-order valence-electron chi connectivity index (χ3n) is 3.29. The van der Waals surface area contributed by atoms with Crippen molar-refractivity contribution >= 4 is 41.0 Å². The Kier molecular flexibility index (Phi) is 5.98. The average molecular weight is 404 g/mol. The molecule has 0 saturated carbocycles. The summed E-state index contributed by atoms with van der Waals surface area (Å²) in [4.78, 5) is 0. The van der Waals surface area contributed by atoms with Gasteiger partial charge in [-0.3, -0.25) is 0 Å². The van der Waals surface area contributed by atoms with Crippen LogP contribution < -0.4 is 16.2 Å². The molecular formula is C15H16N8O2S2. The molecule has 0 aliphatic heterocycles. The lowest BCUT2D eigenvalue weighted by atomic mass is 10.1. The number of nitrogens with two attached hydrogens (primary N) is 2. The molecule has 27 heavy (non-hydrogen) atoms. The first kappa shape index (κ1) is 18.8. The number of hydrogen-bond donors (Lipinski definition) is 2. The Morgan fingerprint density at radius 3 is 2.89 bits per heavy atom. The fourth-order valence-corrected chi connectivity index (χ4v) is 3.84. The predicted octanol–water partition coefficient (Wildman–Crippen LogP) is 1.85. The second-order valence-electron chi connectivity index (χ2n) is 5.17. The van der Waals surface area contributed by atoms with Crippen LogP contribution in [0.15, 0.2) is 37.4 Å². The molecule has 3 aromatic rings. The minimum atomic E-state index is 0.0148. The van der Waals surface area contributed by atoms with Crippen LogP contribution in [0.1, 0.15) is 21.8 Å². The molecule has 12 heteroatoms. The number of hydrogen-bond acceptors (Lipinski definition) is 11. The van der Waals surface area contributed by atoms with E-state index in [9.17, 15) is 0 Å². The number of amidine groups is 1. The maximum absolute atomic E-state index is 5.75.